The van der Waals surface area contributed by atoms with Crippen LogP contribution in [0, 0.1) is 0 Å². The third kappa shape index (κ3) is 8.26. The lowest BCUT2D eigenvalue weighted by Crippen LogP contribution is -2.47. The first-order valence-corrected chi connectivity index (χ1v) is 9.91. The summed E-state index contributed by atoms with van der Waals surface area (Å²) in [6.45, 7) is 8.85. The van der Waals surface area contributed by atoms with Crippen LogP contribution in [0.5, 0.6) is 0 Å². The second kappa shape index (κ2) is 12.9. The Labute approximate surface area is 177 Å². The number of halogens is 2. The molecule has 0 spiro atoms. The van der Waals surface area contributed by atoms with Gasteiger partial charge in [0, 0.05) is 37.3 Å². The fourth-order valence-corrected chi connectivity index (χ4v) is 3.50. The molecule has 0 aliphatic carbocycles. The number of ether oxygens (including phenoxy) is 1. The molecule has 1 N–H and O–H groups in total. The van der Waals surface area contributed by atoms with E-state index in [2.05, 4.69) is 64.3 Å². The van der Waals surface area contributed by atoms with Crippen molar-refractivity contribution in [2.45, 2.75) is 45.6 Å². The van der Waals surface area contributed by atoms with Crippen molar-refractivity contribution in [3.05, 3.63) is 34.3 Å². The zero-order chi connectivity index (χ0) is 17.2. The predicted octanol–water partition coefficient (Wildman–Crippen LogP) is 4.47. The number of aryl methyl sites for hydroxylation is 1. The number of hydrogen-bond donors (Lipinski definition) is 1. The van der Waals surface area contributed by atoms with Gasteiger partial charge in [0.15, 0.2) is 5.96 Å². The molecule has 1 heterocycles. The minimum Gasteiger partial charge on any atom is -0.378 e. The maximum absolute atomic E-state index is 5.74. The summed E-state index contributed by atoms with van der Waals surface area (Å²) in [5, 5.41) is 3.43. The van der Waals surface area contributed by atoms with Crippen LogP contribution in [0.4, 0.5) is 0 Å². The Bertz CT molecular complexity index is 519. The highest BCUT2D eigenvalue weighted by Gasteiger charge is 2.21. The quantitative estimate of drug-likeness (QED) is 0.248. The summed E-state index contributed by atoms with van der Waals surface area (Å²) >= 11 is 3.53. The lowest BCUT2D eigenvalue weighted by Gasteiger charge is -2.34. The molecule has 0 aromatic heterocycles. The molecule has 6 heteroatoms. The molecule has 0 bridgehead atoms. The van der Waals surface area contributed by atoms with Gasteiger partial charge in [-0.3, -0.25) is 4.99 Å². The van der Waals surface area contributed by atoms with Crippen LogP contribution in [0.25, 0.3) is 0 Å². The van der Waals surface area contributed by atoms with Crippen LogP contribution in [0.3, 0.4) is 0 Å². The Hall–Kier alpha value is -0.340. The summed E-state index contributed by atoms with van der Waals surface area (Å²) in [4.78, 5) is 7.20. The average molecular weight is 524 g/mol. The van der Waals surface area contributed by atoms with Gasteiger partial charge in [-0.15, -0.1) is 24.0 Å². The highest BCUT2D eigenvalue weighted by Crippen LogP contribution is 2.15. The van der Waals surface area contributed by atoms with Crippen LogP contribution in [0.1, 0.15) is 38.7 Å². The van der Waals surface area contributed by atoms with E-state index in [1.165, 1.54) is 5.56 Å². The molecule has 0 unspecified atom stereocenters. The molecule has 0 saturated carbocycles. The first-order chi connectivity index (χ1) is 11.7. The van der Waals surface area contributed by atoms with Crippen molar-refractivity contribution in [3.63, 3.8) is 0 Å². The number of nitrogens with zero attached hydrogens (tertiary/aromatic N) is 2. The van der Waals surface area contributed by atoms with Gasteiger partial charge in [-0.1, -0.05) is 28.1 Å². The third-order valence-corrected chi connectivity index (χ3v) is 4.75. The number of rotatable bonds is 7. The summed E-state index contributed by atoms with van der Waals surface area (Å²) in [6, 6.07) is 8.53. The fraction of sp³-hybridized carbons (Fsp3) is 0.632. The zero-order valence-corrected chi connectivity index (χ0v) is 19.3. The average Bonchev–Trinajstić information content (AvgIpc) is 2.59. The molecule has 0 amide bonds. The Morgan fingerprint density at radius 2 is 2.08 bits per heavy atom. The number of aliphatic imine (C=N–C) groups is 1. The van der Waals surface area contributed by atoms with Crippen molar-refractivity contribution in [3.8, 4) is 0 Å². The monoisotopic (exact) mass is 523 g/mol. The van der Waals surface area contributed by atoms with Crippen molar-refractivity contribution >= 4 is 45.9 Å². The maximum Gasteiger partial charge on any atom is 0.193 e. The highest BCUT2D eigenvalue weighted by atomic mass is 127. The highest BCUT2D eigenvalue weighted by molar-refractivity contribution is 14.0. The van der Waals surface area contributed by atoms with E-state index in [1.807, 2.05) is 0 Å². The molecule has 0 radical (unpaired) electrons. The van der Waals surface area contributed by atoms with E-state index < -0.39 is 0 Å². The molecule has 2 rings (SSSR count). The molecule has 0 atom stereocenters. The summed E-state index contributed by atoms with van der Waals surface area (Å²) < 4.78 is 6.88. The second-order valence-corrected chi connectivity index (χ2v) is 7.03. The smallest absolute Gasteiger partial charge is 0.193 e. The van der Waals surface area contributed by atoms with Gasteiger partial charge in [0.05, 0.1) is 6.10 Å². The van der Waals surface area contributed by atoms with E-state index >= 15 is 0 Å². The Kier molecular flexibility index (Phi) is 11.7. The molecular weight excluding hydrogens is 493 g/mol. The molecular formula is C19H31BrIN3O. The zero-order valence-electron chi connectivity index (χ0n) is 15.3. The molecule has 1 saturated heterocycles. The molecule has 1 aliphatic rings. The standard InChI is InChI=1S/C19H30BrN3O.HI/c1-3-21-19(23-13-10-18(11-14-23)24-4-2)22-12-6-8-16-7-5-9-17(20)15-16;/h5,7,9,15,18H,3-4,6,8,10-14H2,1-2H3,(H,21,22);1H. The SMILES string of the molecule is CCNC(=NCCCc1cccc(Br)c1)N1CCC(OCC)CC1.I. The summed E-state index contributed by atoms with van der Waals surface area (Å²) in [5.41, 5.74) is 1.36. The van der Waals surface area contributed by atoms with Gasteiger partial charge >= 0.3 is 0 Å². The lowest BCUT2D eigenvalue weighted by molar-refractivity contribution is 0.0264. The topological polar surface area (TPSA) is 36.9 Å². The van der Waals surface area contributed by atoms with Crippen molar-refractivity contribution in [1.29, 1.82) is 0 Å². The number of piperidine rings is 1. The van der Waals surface area contributed by atoms with E-state index in [0.29, 0.717) is 6.10 Å². The van der Waals surface area contributed by atoms with E-state index in [0.717, 1.165) is 68.9 Å². The minimum atomic E-state index is 0. The first-order valence-electron chi connectivity index (χ1n) is 9.12. The maximum atomic E-state index is 5.74. The van der Waals surface area contributed by atoms with Crippen LogP contribution < -0.4 is 5.32 Å². The normalized spacial score (nSPS) is 15.8. The van der Waals surface area contributed by atoms with Gasteiger partial charge in [0.1, 0.15) is 0 Å². The fourth-order valence-electron chi connectivity index (χ4n) is 3.06. The van der Waals surface area contributed by atoms with Crippen LogP contribution in [0.15, 0.2) is 33.7 Å². The first kappa shape index (κ1) is 22.7. The van der Waals surface area contributed by atoms with Crippen LogP contribution in [-0.4, -0.2) is 49.7 Å². The molecule has 1 aromatic carbocycles. The van der Waals surface area contributed by atoms with Crippen molar-refractivity contribution in [2.24, 2.45) is 4.99 Å². The van der Waals surface area contributed by atoms with Crippen LogP contribution >= 0.6 is 39.9 Å². The van der Waals surface area contributed by atoms with Crippen LogP contribution in [0.2, 0.25) is 0 Å². The van der Waals surface area contributed by atoms with Gasteiger partial charge in [0.25, 0.3) is 0 Å². The van der Waals surface area contributed by atoms with E-state index in [4.69, 9.17) is 9.73 Å². The molecule has 1 fully saturated rings. The molecule has 25 heavy (non-hydrogen) atoms. The largest absolute Gasteiger partial charge is 0.378 e. The summed E-state index contributed by atoms with van der Waals surface area (Å²) in [6.07, 6.45) is 4.74. The third-order valence-electron chi connectivity index (χ3n) is 4.25. The van der Waals surface area contributed by atoms with E-state index in [9.17, 15) is 0 Å². The number of nitrogens with one attached hydrogen (secondary N) is 1. The molecule has 142 valence electrons. The summed E-state index contributed by atoms with van der Waals surface area (Å²) in [5.74, 6) is 1.06. The van der Waals surface area contributed by atoms with Crippen molar-refractivity contribution < 1.29 is 4.74 Å². The minimum absolute atomic E-state index is 0. The van der Waals surface area contributed by atoms with Gasteiger partial charge in [0.2, 0.25) is 0 Å². The van der Waals surface area contributed by atoms with Gasteiger partial charge < -0.3 is 15.0 Å². The Morgan fingerprint density at radius 1 is 1.32 bits per heavy atom. The van der Waals surface area contributed by atoms with Crippen molar-refractivity contribution in [1.82, 2.24) is 10.2 Å². The predicted molar refractivity (Wildman–Crippen MR) is 120 cm³/mol. The van der Waals surface area contributed by atoms with Crippen molar-refractivity contribution in [2.75, 3.05) is 32.8 Å². The molecule has 4 nitrogen and oxygen atoms in total. The second-order valence-electron chi connectivity index (χ2n) is 6.11. The Morgan fingerprint density at radius 3 is 2.72 bits per heavy atom. The molecule has 1 aliphatic heterocycles. The number of hydrogen-bond acceptors (Lipinski definition) is 2. The van der Waals surface area contributed by atoms with Gasteiger partial charge in [-0.2, -0.15) is 0 Å². The summed E-state index contributed by atoms with van der Waals surface area (Å²) in [7, 11) is 0. The van der Waals surface area contributed by atoms with Gasteiger partial charge in [-0.05, 0) is 57.2 Å². The Balaban J connectivity index is 0.00000312. The van der Waals surface area contributed by atoms with E-state index in [-0.39, 0.29) is 24.0 Å². The molecule has 1 aromatic rings. The van der Waals surface area contributed by atoms with Gasteiger partial charge in [-0.25, -0.2) is 0 Å². The lowest BCUT2D eigenvalue weighted by atomic mass is 10.1. The number of guanidine groups is 1. The van der Waals surface area contributed by atoms with E-state index in [1.54, 1.807) is 0 Å². The van der Waals surface area contributed by atoms with Crippen LogP contribution in [-0.2, 0) is 11.2 Å². The number of benzene rings is 1. The number of likely N-dealkylation sites (tertiary alicyclic amines) is 1.